The Balaban J connectivity index is 1.64. The van der Waals surface area contributed by atoms with E-state index in [2.05, 4.69) is 5.32 Å². The van der Waals surface area contributed by atoms with Gasteiger partial charge in [-0.3, -0.25) is 4.79 Å². The summed E-state index contributed by atoms with van der Waals surface area (Å²) in [7, 11) is 0. The molecule has 0 aliphatic carbocycles. The van der Waals surface area contributed by atoms with Crippen molar-refractivity contribution < 1.29 is 14.3 Å². The Bertz CT molecular complexity index is 947. The summed E-state index contributed by atoms with van der Waals surface area (Å²) < 4.78 is 5.18. The number of rotatable bonds is 6. The van der Waals surface area contributed by atoms with Crippen LogP contribution in [-0.2, 0) is 16.0 Å². The summed E-state index contributed by atoms with van der Waals surface area (Å²) in [5.41, 5.74) is 3.69. The van der Waals surface area contributed by atoms with Crippen LogP contribution in [0.4, 0.5) is 5.69 Å². The lowest BCUT2D eigenvalue weighted by molar-refractivity contribution is -0.119. The summed E-state index contributed by atoms with van der Waals surface area (Å²) in [6.07, 6.45) is 0.876. The second-order valence-corrected chi connectivity index (χ2v) is 7.24. The molecule has 1 heterocycles. The standard InChI is InChI=1S/C22H21NO3S/c1-3-19-15(2)13-20(27-19)22(25)26-14-21(24)23-18-12-8-7-11-17(18)16-9-5-4-6-10-16/h4-13H,3,14H2,1-2H3,(H,23,24). The second kappa shape index (κ2) is 8.64. The van der Waals surface area contributed by atoms with E-state index in [1.54, 1.807) is 0 Å². The number of nitrogens with one attached hydrogen (secondary N) is 1. The average molecular weight is 379 g/mol. The van der Waals surface area contributed by atoms with Gasteiger partial charge >= 0.3 is 5.97 Å². The molecule has 3 aromatic rings. The van der Waals surface area contributed by atoms with E-state index < -0.39 is 5.97 Å². The number of benzene rings is 2. The van der Waals surface area contributed by atoms with Gasteiger partial charge < -0.3 is 10.1 Å². The van der Waals surface area contributed by atoms with Crippen LogP contribution in [0.5, 0.6) is 0 Å². The molecule has 0 aliphatic heterocycles. The van der Waals surface area contributed by atoms with Crippen LogP contribution in [0.15, 0.2) is 60.7 Å². The molecule has 0 fully saturated rings. The quantitative estimate of drug-likeness (QED) is 0.608. The first kappa shape index (κ1) is 18.9. The van der Waals surface area contributed by atoms with Gasteiger partial charge in [0.15, 0.2) is 6.61 Å². The number of hydrogen-bond donors (Lipinski definition) is 1. The monoisotopic (exact) mass is 379 g/mol. The Kier molecular flexibility index (Phi) is 6.04. The van der Waals surface area contributed by atoms with Crippen molar-refractivity contribution in [2.24, 2.45) is 0 Å². The summed E-state index contributed by atoms with van der Waals surface area (Å²) in [5.74, 6) is -0.829. The van der Waals surface area contributed by atoms with E-state index in [0.717, 1.165) is 28.0 Å². The van der Waals surface area contributed by atoms with Crippen molar-refractivity contribution in [2.75, 3.05) is 11.9 Å². The smallest absolute Gasteiger partial charge is 0.348 e. The first-order valence-corrected chi connectivity index (χ1v) is 9.61. The molecule has 27 heavy (non-hydrogen) atoms. The van der Waals surface area contributed by atoms with E-state index in [0.29, 0.717) is 10.6 Å². The van der Waals surface area contributed by atoms with Crippen LogP contribution in [0.1, 0.15) is 27.0 Å². The molecule has 1 aromatic heterocycles. The molecule has 4 nitrogen and oxygen atoms in total. The molecule has 138 valence electrons. The molecule has 5 heteroatoms. The van der Waals surface area contributed by atoms with Crippen LogP contribution in [0, 0.1) is 6.92 Å². The third-order valence-electron chi connectivity index (χ3n) is 4.16. The molecule has 0 aliphatic rings. The number of hydrogen-bond acceptors (Lipinski definition) is 4. The topological polar surface area (TPSA) is 55.4 Å². The summed E-state index contributed by atoms with van der Waals surface area (Å²) in [6.45, 7) is 3.70. The lowest BCUT2D eigenvalue weighted by atomic mass is 10.0. The molecule has 0 radical (unpaired) electrons. The van der Waals surface area contributed by atoms with Gasteiger partial charge in [-0.15, -0.1) is 11.3 Å². The van der Waals surface area contributed by atoms with Crippen LogP contribution in [0.2, 0.25) is 0 Å². The van der Waals surface area contributed by atoms with Crippen molar-refractivity contribution in [2.45, 2.75) is 20.3 Å². The first-order valence-electron chi connectivity index (χ1n) is 8.79. The van der Waals surface area contributed by atoms with E-state index in [1.807, 2.05) is 74.5 Å². The van der Waals surface area contributed by atoms with Gasteiger partial charge in [0.25, 0.3) is 5.91 Å². The molecular formula is C22H21NO3S. The number of anilines is 1. The normalized spacial score (nSPS) is 10.4. The lowest BCUT2D eigenvalue weighted by Gasteiger charge is -2.11. The first-order chi connectivity index (χ1) is 13.1. The van der Waals surface area contributed by atoms with Gasteiger partial charge in [-0.1, -0.05) is 55.5 Å². The highest BCUT2D eigenvalue weighted by Gasteiger charge is 2.15. The number of carbonyl (C=O) groups is 2. The Morgan fingerprint density at radius 1 is 1.04 bits per heavy atom. The molecule has 1 N–H and O–H groups in total. The molecule has 3 rings (SSSR count). The number of thiophene rings is 1. The van der Waals surface area contributed by atoms with Crippen LogP contribution >= 0.6 is 11.3 Å². The molecular weight excluding hydrogens is 358 g/mol. The Labute approximate surface area is 162 Å². The number of amides is 1. The van der Waals surface area contributed by atoms with E-state index in [-0.39, 0.29) is 12.5 Å². The van der Waals surface area contributed by atoms with E-state index >= 15 is 0 Å². The molecule has 0 spiro atoms. The zero-order valence-corrected chi connectivity index (χ0v) is 16.1. The van der Waals surface area contributed by atoms with Crippen LogP contribution in [-0.4, -0.2) is 18.5 Å². The van der Waals surface area contributed by atoms with Gasteiger partial charge in [0.2, 0.25) is 0 Å². The maximum atomic E-state index is 12.3. The van der Waals surface area contributed by atoms with Crippen molar-refractivity contribution in [3.63, 3.8) is 0 Å². The maximum Gasteiger partial charge on any atom is 0.348 e. The van der Waals surface area contributed by atoms with Gasteiger partial charge in [0.1, 0.15) is 4.88 Å². The van der Waals surface area contributed by atoms with Gasteiger partial charge in [-0.05, 0) is 36.6 Å². The second-order valence-electron chi connectivity index (χ2n) is 6.11. The largest absolute Gasteiger partial charge is 0.451 e. The van der Waals surface area contributed by atoms with Crippen LogP contribution in [0.25, 0.3) is 11.1 Å². The van der Waals surface area contributed by atoms with Crippen LogP contribution < -0.4 is 5.32 Å². The summed E-state index contributed by atoms with van der Waals surface area (Å²) >= 11 is 1.42. The van der Waals surface area contributed by atoms with Crippen molar-refractivity contribution >= 4 is 28.9 Å². The number of ether oxygens (including phenoxy) is 1. The minimum Gasteiger partial charge on any atom is -0.451 e. The summed E-state index contributed by atoms with van der Waals surface area (Å²) in [6, 6.07) is 19.2. The zero-order valence-electron chi connectivity index (χ0n) is 15.3. The molecule has 2 aromatic carbocycles. The summed E-state index contributed by atoms with van der Waals surface area (Å²) in [4.78, 5) is 26.1. The predicted octanol–water partition coefficient (Wildman–Crippen LogP) is 5.08. The Morgan fingerprint density at radius 3 is 2.44 bits per heavy atom. The molecule has 0 saturated carbocycles. The SMILES string of the molecule is CCc1sc(C(=O)OCC(=O)Nc2ccccc2-c2ccccc2)cc1C. The van der Waals surface area contributed by atoms with Crippen LogP contribution in [0.3, 0.4) is 0 Å². The molecule has 0 atom stereocenters. The highest BCUT2D eigenvalue weighted by molar-refractivity contribution is 7.14. The number of aryl methyl sites for hydroxylation is 2. The van der Waals surface area contributed by atoms with Crippen molar-refractivity contribution in [3.8, 4) is 11.1 Å². The zero-order chi connectivity index (χ0) is 19.2. The average Bonchev–Trinajstić information content (AvgIpc) is 3.08. The predicted molar refractivity (Wildman–Crippen MR) is 109 cm³/mol. The highest BCUT2D eigenvalue weighted by atomic mass is 32.1. The van der Waals surface area contributed by atoms with E-state index in [4.69, 9.17) is 4.74 Å². The number of esters is 1. The van der Waals surface area contributed by atoms with E-state index in [1.165, 1.54) is 11.3 Å². The summed E-state index contributed by atoms with van der Waals surface area (Å²) in [5, 5.41) is 2.83. The molecule has 0 unspecified atom stereocenters. The Hall–Kier alpha value is -2.92. The van der Waals surface area contributed by atoms with Crippen molar-refractivity contribution in [3.05, 3.63) is 76.0 Å². The van der Waals surface area contributed by atoms with Gasteiger partial charge in [-0.2, -0.15) is 0 Å². The van der Waals surface area contributed by atoms with Gasteiger partial charge in [-0.25, -0.2) is 4.79 Å². The lowest BCUT2D eigenvalue weighted by Crippen LogP contribution is -2.21. The Morgan fingerprint density at radius 2 is 1.74 bits per heavy atom. The van der Waals surface area contributed by atoms with E-state index in [9.17, 15) is 9.59 Å². The van der Waals surface area contributed by atoms with Gasteiger partial charge in [0, 0.05) is 16.1 Å². The molecule has 1 amide bonds. The number of para-hydroxylation sites is 1. The fraction of sp³-hybridized carbons (Fsp3) is 0.182. The van der Waals surface area contributed by atoms with Crippen molar-refractivity contribution in [1.82, 2.24) is 0 Å². The fourth-order valence-electron chi connectivity index (χ4n) is 2.82. The molecule has 0 bridgehead atoms. The fourth-order valence-corrected chi connectivity index (χ4v) is 3.83. The third-order valence-corrected chi connectivity index (χ3v) is 5.52. The third kappa shape index (κ3) is 4.63. The molecule has 0 saturated heterocycles. The highest BCUT2D eigenvalue weighted by Crippen LogP contribution is 2.27. The maximum absolute atomic E-state index is 12.3. The van der Waals surface area contributed by atoms with Gasteiger partial charge in [0.05, 0.1) is 0 Å². The van der Waals surface area contributed by atoms with Crippen molar-refractivity contribution in [1.29, 1.82) is 0 Å². The minimum atomic E-state index is -0.464. The minimum absolute atomic E-state index is 0.319. The number of carbonyl (C=O) groups excluding carboxylic acids is 2.